The Morgan fingerprint density at radius 3 is 2.00 bits per heavy atom. The Labute approximate surface area is 164 Å². The van der Waals surface area contributed by atoms with E-state index in [4.69, 9.17) is 4.74 Å². The molecule has 27 heavy (non-hydrogen) atoms. The number of benzene rings is 2. The minimum absolute atomic E-state index is 0.0557. The van der Waals surface area contributed by atoms with Crippen molar-refractivity contribution in [2.75, 3.05) is 5.32 Å². The van der Waals surface area contributed by atoms with Crippen molar-refractivity contribution in [3.63, 3.8) is 0 Å². The molecule has 0 spiro atoms. The van der Waals surface area contributed by atoms with Gasteiger partial charge in [-0.3, -0.25) is 4.79 Å². The number of carbonyl (C=O) groups is 1. The van der Waals surface area contributed by atoms with Crippen LogP contribution in [0.25, 0.3) is 0 Å². The van der Waals surface area contributed by atoms with Gasteiger partial charge >= 0.3 is 0 Å². The minimum Gasteiger partial charge on any atom is -0.372 e. The predicted molar refractivity (Wildman–Crippen MR) is 114 cm³/mol. The maximum absolute atomic E-state index is 12.1. The molecule has 1 atom stereocenters. The van der Waals surface area contributed by atoms with E-state index < -0.39 is 0 Å². The van der Waals surface area contributed by atoms with Crippen LogP contribution in [0.4, 0.5) is 5.69 Å². The van der Waals surface area contributed by atoms with Crippen LogP contribution in [0.5, 0.6) is 0 Å². The molecule has 0 saturated heterocycles. The Bertz CT molecular complexity index is 747. The molecule has 0 radical (unpaired) electrons. The van der Waals surface area contributed by atoms with Crippen LogP contribution in [0.15, 0.2) is 54.6 Å². The summed E-state index contributed by atoms with van der Waals surface area (Å²) in [5.74, 6) is 6.18. The molecule has 0 bridgehead atoms. The van der Waals surface area contributed by atoms with Crippen LogP contribution in [0.2, 0.25) is 0 Å². The number of hydrogen-bond acceptors (Lipinski definition) is 2. The maximum Gasteiger partial charge on any atom is 0.226 e. The lowest BCUT2D eigenvalue weighted by Gasteiger charge is -2.24. The van der Waals surface area contributed by atoms with Crippen molar-refractivity contribution < 1.29 is 9.53 Å². The fraction of sp³-hybridized carbons (Fsp3) is 0.375. The van der Waals surface area contributed by atoms with Gasteiger partial charge in [-0.25, -0.2) is 0 Å². The summed E-state index contributed by atoms with van der Waals surface area (Å²) < 4.78 is 5.76. The van der Waals surface area contributed by atoms with E-state index in [1.54, 1.807) is 0 Å². The van der Waals surface area contributed by atoms with Gasteiger partial charge in [0, 0.05) is 16.8 Å². The highest BCUT2D eigenvalue weighted by Crippen LogP contribution is 2.14. The second-order valence-electron chi connectivity index (χ2n) is 6.99. The minimum atomic E-state index is -0.251. The van der Waals surface area contributed by atoms with E-state index in [1.807, 2.05) is 96.1 Å². The van der Waals surface area contributed by atoms with E-state index in [0.29, 0.717) is 6.42 Å². The average molecular weight is 366 g/mol. The van der Waals surface area contributed by atoms with Gasteiger partial charge in [0.1, 0.15) is 0 Å². The highest BCUT2D eigenvalue weighted by molar-refractivity contribution is 5.91. The number of amides is 1. The van der Waals surface area contributed by atoms with Gasteiger partial charge in [0.05, 0.1) is 18.1 Å². The summed E-state index contributed by atoms with van der Waals surface area (Å²) in [6.45, 7) is 11.9. The van der Waals surface area contributed by atoms with Gasteiger partial charge in [-0.2, -0.15) is 0 Å². The van der Waals surface area contributed by atoms with Crippen LogP contribution >= 0.6 is 0 Å². The molecule has 0 aromatic heterocycles. The van der Waals surface area contributed by atoms with Crippen molar-refractivity contribution in [1.29, 1.82) is 0 Å². The Morgan fingerprint density at radius 1 is 0.963 bits per heavy atom. The van der Waals surface area contributed by atoms with Crippen molar-refractivity contribution in [1.82, 2.24) is 0 Å². The van der Waals surface area contributed by atoms with Crippen LogP contribution in [-0.4, -0.2) is 17.6 Å². The van der Waals surface area contributed by atoms with Crippen LogP contribution in [0.3, 0.4) is 0 Å². The quantitative estimate of drug-likeness (QED) is 0.712. The molecule has 2 aromatic carbocycles. The molecule has 1 amide bonds. The van der Waals surface area contributed by atoms with Gasteiger partial charge < -0.3 is 10.1 Å². The topological polar surface area (TPSA) is 38.3 Å². The second kappa shape index (κ2) is 11.2. The third-order valence-corrected chi connectivity index (χ3v) is 3.32. The van der Waals surface area contributed by atoms with Gasteiger partial charge in [-0.1, -0.05) is 43.9 Å². The highest BCUT2D eigenvalue weighted by atomic mass is 16.5. The van der Waals surface area contributed by atoms with Crippen LogP contribution in [0, 0.1) is 11.8 Å². The SMILES string of the molecule is CC.C[C@H](CC(=O)Nc1ccc(C#Cc2ccccc2)cc1)OC(C)(C)C. The molecular formula is C24H31NO2. The van der Waals surface area contributed by atoms with E-state index in [1.165, 1.54) is 0 Å². The Balaban J connectivity index is 0.00000176. The highest BCUT2D eigenvalue weighted by Gasteiger charge is 2.17. The Morgan fingerprint density at radius 2 is 1.48 bits per heavy atom. The summed E-state index contributed by atoms with van der Waals surface area (Å²) in [7, 11) is 0. The number of hydrogen-bond donors (Lipinski definition) is 1. The first-order valence-corrected chi connectivity index (χ1v) is 9.47. The lowest BCUT2D eigenvalue weighted by atomic mass is 10.1. The summed E-state index contributed by atoms with van der Waals surface area (Å²) in [5, 5.41) is 2.89. The predicted octanol–water partition coefficient (Wildman–Crippen LogP) is 5.64. The van der Waals surface area contributed by atoms with Crippen molar-refractivity contribution in [2.45, 2.75) is 59.7 Å². The third kappa shape index (κ3) is 9.63. The van der Waals surface area contributed by atoms with E-state index in [0.717, 1.165) is 16.8 Å². The smallest absolute Gasteiger partial charge is 0.226 e. The van der Waals surface area contributed by atoms with Crippen molar-refractivity contribution in [2.24, 2.45) is 0 Å². The standard InChI is InChI=1S/C22H25NO2.C2H6/c1-17(25-22(2,3)4)16-21(24)23-20-14-12-19(13-15-20)11-10-18-8-6-5-7-9-18;1-2/h5-9,12-15,17H,16H2,1-4H3,(H,23,24);1-2H3/t17-;/m1./s1. The van der Waals surface area contributed by atoms with Gasteiger partial charge in [0.2, 0.25) is 5.91 Å². The molecule has 0 aliphatic carbocycles. The zero-order valence-corrected chi connectivity index (χ0v) is 17.3. The lowest BCUT2D eigenvalue weighted by molar-refractivity contribution is -0.121. The fourth-order valence-electron chi connectivity index (χ4n) is 2.42. The first-order chi connectivity index (χ1) is 12.8. The van der Waals surface area contributed by atoms with Crippen LogP contribution < -0.4 is 5.32 Å². The van der Waals surface area contributed by atoms with Crippen molar-refractivity contribution in [3.8, 4) is 11.8 Å². The van der Waals surface area contributed by atoms with Crippen molar-refractivity contribution in [3.05, 3.63) is 65.7 Å². The summed E-state index contributed by atoms with van der Waals surface area (Å²) in [6.07, 6.45) is 0.198. The number of anilines is 1. The zero-order chi connectivity index (χ0) is 20.3. The van der Waals surface area contributed by atoms with Gasteiger partial charge in [0.15, 0.2) is 0 Å². The molecule has 0 unspecified atom stereocenters. The number of carbonyl (C=O) groups excluding carboxylic acids is 1. The molecule has 0 fully saturated rings. The third-order valence-electron chi connectivity index (χ3n) is 3.32. The monoisotopic (exact) mass is 365 g/mol. The zero-order valence-electron chi connectivity index (χ0n) is 17.3. The average Bonchev–Trinajstić information content (AvgIpc) is 2.62. The molecule has 0 aliphatic heterocycles. The molecule has 0 saturated carbocycles. The summed E-state index contributed by atoms with van der Waals surface area (Å²) in [4.78, 5) is 12.1. The van der Waals surface area contributed by atoms with Gasteiger partial charge in [0.25, 0.3) is 0 Å². The number of nitrogens with one attached hydrogen (secondary N) is 1. The van der Waals surface area contributed by atoms with E-state index in [2.05, 4.69) is 17.2 Å². The summed E-state index contributed by atoms with van der Waals surface area (Å²) >= 11 is 0. The molecule has 0 aliphatic rings. The molecule has 3 nitrogen and oxygen atoms in total. The van der Waals surface area contributed by atoms with E-state index >= 15 is 0 Å². The number of rotatable bonds is 4. The first-order valence-electron chi connectivity index (χ1n) is 9.47. The Hall–Kier alpha value is -2.57. The van der Waals surface area contributed by atoms with Crippen LogP contribution in [0.1, 0.15) is 59.1 Å². The molecule has 144 valence electrons. The van der Waals surface area contributed by atoms with Gasteiger partial charge in [-0.05, 0) is 64.1 Å². The molecule has 2 rings (SSSR count). The summed E-state index contributed by atoms with van der Waals surface area (Å²) in [5.41, 5.74) is 2.40. The Kier molecular flexibility index (Phi) is 9.33. The maximum atomic E-state index is 12.1. The van der Waals surface area contributed by atoms with Gasteiger partial charge in [-0.15, -0.1) is 0 Å². The summed E-state index contributed by atoms with van der Waals surface area (Å²) in [6, 6.07) is 17.4. The largest absolute Gasteiger partial charge is 0.372 e. The lowest BCUT2D eigenvalue weighted by Crippen LogP contribution is -2.28. The van der Waals surface area contributed by atoms with E-state index in [-0.39, 0.29) is 17.6 Å². The fourth-order valence-corrected chi connectivity index (χ4v) is 2.42. The molecule has 0 heterocycles. The van der Waals surface area contributed by atoms with Crippen molar-refractivity contribution >= 4 is 11.6 Å². The van der Waals surface area contributed by atoms with Crippen LogP contribution in [-0.2, 0) is 9.53 Å². The van der Waals surface area contributed by atoms with E-state index in [9.17, 15) is 4.79 Å². The second-order valence-corrected chi connectivity index (χ2v) is 6.99. The molecular weight excluding hydrogens is 334 g/mol. The first kappa shape index (κ1) is 22.5. The molecule has 1 N–H and O–H groups in total. The number of ether oxygens (including phenoxy) is 1. The normalized spacial score (nSPS) is 11.3. The molecule has 3 heteroatoms. The molecule has 2 aromatic rings.